The Morgan fingerprint density at radius 3 is 2.34 bits per heavy atom. The van der Waals surface area contributed by atoms with Crippen LogP contribution in [0.4, 0.5) is 4.79 Å². The van der Waals surface area contributed by atoms with E-state index in [1.54, 1.807) is 11.8 Å². The number of hydrogen-bond acceptors (Lipinski definition) is 4. The van der Waals surface area contributed by atoms with Gasteiger partial charge in [-0.05, 0) is 56.2 Å². The normalized spacial score (nSPS) is 10.6. The zero-order valence-corrected chi connectivity index (χ0v) is 19.3. The van der Waals surface area contributed by atoms with Crippen LogP contribution in [-0.4, -0.2) is 40.9 Å². The molecule has 0 fully saturated rings. The van der Waals surface area contributed by atoms with Gasteiger partial charge in [-0.25, -0.2) is 9.48 Å². The second-order valence-corrected chi connectivity index (χ2v) is 7.55. The van der Waals surface area contributed by atoms with E-state index < -0.39 is 0 Å². The van der Waals surface area contributed by atoms with Crippen LogP contribution in [-0.2, 0) is 6.54 Å². The van der Waals surface area contributed by atoms with Crippen molar-refractivity contribution < 1.29 is 14.3 Å². The van der Waals surface area contributed by atoms with Gasteiger partial charge < -0.3 is 19.7 Å². The molecule has 2 amide bonds. The van der Waals surface area contributed by atoms with Gasteiger partial charge in [-0.15, -0.1) is 0 Å². The van der Waals surface area contributed by atoms with Crippen molar-refractivity contribution in [3.05, 3.63) is 65.9 Å². The quantitative estimate of drug-likeness (QED) is 0.467. The first-order valence-electron chi connectivity index (χ1n) is 11.1. The number of aryl methyl sites for hydroxylation is 1. The van der Waals surface area contributed by atoms with E-state index >= 15 is 0 Å². The zero-order chi connectivity index (χ0) is 22.9. The maximum atomic E-state index is 12.8. The molecular weight excluding hydrogens is 404 g/mol. The molecule has 0 unspecified atom stereocenters. The number of hydrogen-bond donors (Lipinski definition) is 1. The Kier molecular flexibility index (Phi) is 8.14. The molecule has 170 valence electrons. The van der Waals surface area contributed by atoms with Crippen molar-refractivity contribution >= 4 is 6.03 Å². The number of para-hydroxylation sites is 1. The summed E-state index contributed by atoms with van der Waals surface area (Å²) in [6.45, 7) is 7.76. The number of ether oxygens (including phenoxy) is 2. The maximum absolute atomic E-state index is 12.8. The fraction of sp³-hybridized carbons (Fsp3) is 0.360. The first-order valence-corrected chi connectivity index (χ1v) is 11.1. The SMILES string of the molecule is CCCNC(=O)N(CCC)Cc1c(C)nn(-c2ccccc2)c1Oc1ccc(OC)cc1. The standard InChI is InChI=1S/C25H32N4O3/c1-5-16-26-25(30)28(17-6-2)18-23-19(3)27-29(20-10-8-7-9-11-20)24(23)32-22-14-12-21(31-4)13-15-22/h7-15H,5-6,16-18H2,1-4H3,(H,26,30). The largest absolute Gasteiger partial charge is 0.497 e. The lowest BCUT2D eigenvalue weighted by Gasteiger charge is -2.23. The van der Waals surface area contributed by atoms with E-state index in [2.05, 4.69) is 12.2 Å². The van der Waals surface area contributed by atoms with E-state index in [1.165, 1.54) is 0 Å². The van der Waals surface area contributed by atoms with Crippen LogP contribution in [0.3, 0.4) is 0 Å². The lowest BCUT2D eigenvalue weighted by atomic mass is 10.2. The Bertz CT molecular complexity index is 1000. The van der Waals surface area contributed by atoms with Crippen molar-refractivity contribution in [3.8, 4) is 23.1 Å². The summed E-state index contributed by atoms with van der Waals surface area (Å²) in [5.41, 5.74) is 2.59. The van der Waals surface area contributed by atoms with Gasteiger partial charge >= 0.3 is 6.03 Å². The van der Waals surface area contributed by atoms with Crippen LogP contribution >= 0.6 is 0 Å². The maximum Gasteiger partial charge on any atom is 0.317 e. The molecule has 3 aromatic rings. The number of nitrogens with one attached hydrogen (secondary N) is 1. The lowest BCUT2D eigenvalue weighted by molar-refractivity contribution is 0.194. The van der Waals surface area contributed by atoms with E-state index in [-0.39, 0.29) is 6.03 Å². The van der Waals surface area contributed by atoms with E-state index in [4.69, 9.17) is 14.6 Å². The number of nitrogens with zero attached hydrogens (tertiary/aromatic N) is 3. The van der Waals surface area contributed by atoms with Crippen LogP contribution in [0.5, 0.6) is 17.4 Å². The molecule has 0 atom stereocenters. The average Bonchev–Trinajstić information content (AvgIpc) is 3.13. The number of amides is 2. The van der Waals surface area contributed by atoms with Crippen LogP contribution in [0.15, 0.2) is 54.6 Å². The van der Waals surface area contributed by atoms with Gasteiger partial charge in [-0.2, -0.15) is 5.10 Å². The molecule has 1 N–H and O–H groups in total. The molecule has 2 aromatic carbocycles. The smallest absolute Gasteiger partial charge is 0.317 e. The van der Waals surface area contributed by atoms with Crippen molar-refractivity contribution in [2.24, 2.45) is 0 Å². The fourth-order valence-electron chi connectivity index (χ4n) is 3.38. The highest BCUT2D eigenvalue weighted by Crippen LogP contribution is 2.32. The number of aromatic nitrogens is 2. The van der Waals surface area contributed by atoms with Gasteiger partial charge in [-0.3, -0.25) is 0 Å². The highest BCUT2D eigenvalue weighted by atomic mass is 16.5. The Hall–Kier alpha value is -3.48. The first-order chi connectivity index (χ1) is 15.6. The third-order valence-corrected chi connectivity index (χ3v) is 5.07. The Balaban J connectivity index is 1.99. The minimum atomic E-state index is -0.0732. The predicted octanol–water partition coefficient (Wildman–Crippen LogP) is 5.31. The summed E-state index contributed by atoms with van der Waals surface area (Å²) in [7, 11) is 1.63. The van der Waals surface area contributed by atoms with Gasteiger partial charge in [0.25, 0.3) is 0 Å². The first kappa shape index (κ1) is 23.2. The molecule has 7 heteroatoms. The molecule has 0 saturated carbocycles. The number of methoxy groups -OCH3 is 1. The van der Waals surface area contributed by atoms with Crippen LogP contribution < -0.4 is 14.8 Å². The number of benzene rings is 2. The zero-order valence-electron chi connectivity index (χ0n) is 19.3. The minimum Gasteiger partial charge on any atom is -0.497 e. The molecule has 0 aliphatic carbocycles. The van der Waals surface area contributed by atoms with Crippen LogP contribution in [0, 0.1) is 6.92 Å². The topological polar surface area (TPSA) is 68.6 Å². The highest BCUT2D eigenvalue weighted by molar-refractivity contribution is 5.74. The second-order valence-electron chi connectivity index (χ2n) is 7.55. The predicted molar refractivity (Wildman–Crippen MR) is 126 cm³/mol. The van der Waals surface area contributed by atoms with Crippen LogP contribution in [0.1, 0.15) is 37.9 Å². The number of carbonyl (C=O) groups excluding carboxylic acids is 1. The molecule has 0 bridgehead atoms. The van der Waals surface area contributed by atoms with Crippen molar-refractivity contribution in [1.82, 2.24) is 20.0 Å². The summed E-state index contributed by atoms with van der Waals surface area (Å²) in [6.07, 6.45) is 1.75. The van der Waals surface area contributed by atoms with E-state index in [0.29, 0.717) is 31.3 Å². The van der Waals surface area contributed by atoms with Crippen molar-refractivity contribution in [3.63, 3.8) is 0 Å². The highest BCUT2D eigenvalue weighted by Gasteiger charge is 2.23. The molecular formula is C25H32N4O3. The number of carbonyl (C=O) groups is 1. The molecule has 0 spiro atoms. The van der Waals surface area contributed by atoms with Gasteiger partial charge in [0.05, 0.1) is 30.6 Å². The third-order valence-electron chi connectivity index (χ3n) is 5.07. The Labute approximate surface area is 190 Å². The van der Waals surface area contributed by atoms with Crippen molar-refractivity contribution in [2.45, 2.75) is 40.2 Å². The van der Waals surface area contributed by atoms with Gasteiger partial charge in [0, 0.05) is 13.1 Å². The second kappa shape index (κ2) is 11.2. The summed E-state index contributed by atoms with van der Waals surface area (Å²) in [5, 5.41) is 7.74. The van der Waals surface area contributed by atoms with E-state index in [0.717, 1.165) is 35.5 Å². The van der Waals surface area contributed by atoms with E-state index in [9.17, 15) is 4.79 Å². The number of urea groups is 1. The Morgan fingerprint density at radius 1 is 1.03 bits per heavy atom. The summed E-state index contributed by atoms with van der Waals surface area (Å²) in [5.74, 6) is 2.02. The van der Waals surface area contributed by atoms with Gasteiger partial charge in [0.15, 0.2) is 0 Å². The fourth-order valence-corrected chi connectivity index (χ4v) is 3.38. The van der Waals surface area contributed by atoms with Crippen molar-refractivity contribution in [1.29, 1.82) is 0 Å². The molecule has 0 saturated heterocycles. The monoisotopic (exact) mass is 436 g/mol. The van der Waals surface area contributed by atoms with Gasteiger partial charge in [-0.1, -0.05) is 32.0 Å². The molecule has 1 aromatic heterocycles. The van der Waals surface area contributed by atoms with Gasteiger partial charge in [0.1, 0.15) is 11.5 Å². The van der Waals surface area contributed by atoms with Crippen LogP contribution in [0.25, 0.3) is 5.69 Å². The van der Waals surface area contributed by atoms with Crippen LogP contribution in [0.2, 0.25) is 0 Å². The summed E-state index contributed by atoms with van der Waals surface area (Å²) in [6, 6.07) is 17.2. The number of rotatable bonds is 10. The van der Waals surface area contributed by atoms with E-state index in [1.807, 2.05) is 73.3 Å². The summed E-state index contributed by atoms with van der Waals surface area (Å²) < 4.78 is 13.4. The third kappa shape index (κ3) is 5.60. The minimum absolute atomic E-state index is 0.0732. The molecule has 0 aliphatic heterocycles. The van der Waals surface area contributed by atoms with Gasteiger partial charge in [0.2, 0.25) is 5.88 Å². The average molecular weight is 437 g/mol. The Morgan fingerprint density at radius 2 is 1.72 bits per heavy atom. The molecule has 1 heterocycles. The summed E-state index contributed by atoms with van der Waals surface area (Å²) in [4.78, 5) is 14.6. The van der Waals surface area contributed by atoms with Crippen molar-refractivity contribution in [2.75, 3.05) is 20.2 Å². The summed E-state index contributed by atoms with van der Waals surface area (Å²) >= 11 is 0. The molecule has 32 heavy (non-hydrogen) atoms. The molecule has 0 radical (unpaired) electrons. The molecule has 3 rings (SSSR count). The molecule has 7 nitrogen and oxygen atoms in total. The lowest BCUT2D eigenvalue weighted by Crippen LogP contribution is -2.40. The molecule has 0 aliphatic rings.